The van der Waals surface area contributed by atoms with Gasteiger partial charge in [0.15, 0.2) is 5.78 Å². The molecule has 2 rings (SSSR count). The van der Waals surface area contributed by atoms with Crippen LogP contribution in [0.15, 0.2) is 15.9 Å². The van der Waals surface area contributed by atoms with Crippen LogP contribution >= 0.6 is 27.3 Å². The first kappa shape index (κ1) is 13.2. The molecule has 0 spiro atoms. The van der Waals surface area contributed by atoms with E-state index >= 15 is 0 Å². The first-order valence-electron chi connectivity index (χ1n) is 5.76. The lowest BCUT2D eigenvalue weighted by Crippen LogP contribution is -2.56. The Morgan fingerprint density at radius 1 is 1.47 bits per heavy atom. The van der Waals surface area contributed by atoms with Crippen molar-refractivity contribution in [3.63, 3.8) is 0 Å². The number of piperazine rings is 1. The highest BCUT2D eigenvalue weighted by Crippen LogP contribution is 2.27. The zero-order chi connectivity index (χ0) is 12.5. The minimum absolute atomic E-state index is 0.218. The monoisotopic (exact) mass is 316 g/mol. The molecule has 1 aliphatic rings. The number of carbonyl (C=O) groups is 1. The molecule has 0 aromatic carbocycles. The summed E-state index contributed by atoms with van der Waals surface area (Å²) in [6, 6.07) is 1.91. The van der Waals surface area contributed by atoms with Gasteiger partial charge in [-0.15, -0.1) is 11.3 Å². The van der Waals surface area contributed by atoms with Gasteiger partial charge in [-0.3, -0.25) is 9.69 Å². The third-order valence-corrected chi connectivity index (χ3v) is 4.94. The highest BCUT2D eigenvalue weighted by molar-refractivity contribution is 9.10. The number of nitrogens with zero attached hydrogens (tertiary/aromatic N) is 1. The van der Waals surface area contributed by atoms with Crippen LogP contribution < -0.4 is 5.32 Å². The molecule has 3 nitrogen and oxygen atoms in total. The number of thiophene rings is 1. The van der Waals surface area contributed by atoms with Crippen molar-refractivity contribution in [1.29, 1.82) is 0 Å². The third kappa shape index (κ3) is 2.78. The molecule has 1 fully saturated rings. The molecule has 1 aromatic heterocycles. The maximum atomic E-state index is 12.5. The molecule has 2 heterocycles. The summed E-state index contributed by atoms with van der Waals surface area (Å²) in [4.78, 5) is 15.6. The van der Waals surface area contributed by atoms with E-state index in [1.54, 1.807) is 0 Å². The average Bonchev–Trinajstić information content (AvgIpc) is 2.76. The van der Waals surface area contributed by atoms with Gasteiger partial charge in [-0.25, -0.2) is 0 Å². The van der Waals surface area contributed by atoms with E-state index in [9.17, 15) is 4.79 Å². The average molecular weight is 317 g/mol. The van der Waals surface area contributed by atoms with Crippen LogP contribution in [-0.2, 0) is 0 Å². The Balaban J connectivity index is 2.16. The Hall–Kier alpha value is -0.230. The van der Waals surface area contributed by atoms with Crippen LogP contribution in [0.1, 0.15) is 23.5 Å². The molecule has 0 atom stereocenters. The van der Waals surface area contributed by atoms with Crippen LogP contribution in [0, 0.1) is 0 Å². The molecule has 1 N–H and O–H groups in total. The Morgan fingerprint density at radius 2 is 2.12 bits per heavy atom. The van der Waals surface area contributed by atoms with E-state index in [-0.39, 0.29) is 5.78 Å². The van der Waals surface area contributed by atoms with Crippen LogP contribution in [0.4, 0.5) is 0 Å². The largest absolute Gasteiger partial charge is 0.314 e. The summed E-state index contributed by atoms with van der Waals surface area (Å²) in [5, 5.41) is 5.27. The summed E-state index contributed by atoms with van der Waals surface area (Å²) < 4.78 is 0.988. The fourth-order valence-electron chi connectivity index (χ4n) is 2.10. The second kappa shape index (κ2) is 5.18. The molecule has 0 bridgehead atoms. The molecule has 5 heteroatoms. The van der Waals surface area contributed by atoms with E-state index < -0.39 is 5.54 Å². The second-order valence-corrected chi connectivity index (χ2v) is 6.58. The number of rotatable bonds is 3. The van der Waals surface area contributed by atoms with Crippen molar-refractivity contribution in [3.05, 3.63) is 20.8 Å². The zero-order valence-corrected chi connectivity index (χ0v) is 12.5. The molecule has 1 aromatic rings. The topological polar surface area (TPSA) is 32.3 Å². The van der Waals surface area contributed by atoms with Crippen molar-refractivity contribution in [2.45, 2.75) is 19.4 Å². The third-order valence-electron chi connectivity index (χ3n) is 3.25. The standard InChI is InChI=1S/C12H17BrN2OS/c1-12(2,15-5-3-14-4-6-15)11(16)10-7-9(13)8-17-10/h7-8,14H,3-6H2,1-2H3. The Labute approximate surface area is 114 Å². The summed E-state index contributed by atoms with van der Waals surface area (Å²) in [6.07, 6.45) is 0. The molecule has 1 aliphatic heterocycles. The van der Waals surface area contributed by atoms with Gasteiger partial charge in [0.2, 0.25) is 0 Å². The van der Waals surface area contributed by atoms with E-state index in [1.807, 2.05) is 25.3 Å². The Bertz CT molecular complexity index is 410. The van der Waals surface area contributed by atoms with Crippen LogP contribution in [-0.4, -0.2) is 42.4 Å². The number of halogens is 1. The van der Waals surface area contributed by atoms with Gasteiger partial charge in [-0.05, 0) is 35.8 Å². The van der Waals surface area contributed by atoms with Gasteiger partial charge in [0.25, 0.3) is 0 Å². The van der Waals surface area contributed by atoms with Crippen molar-refractivity contribution in [2.24, 2.45) is 0 Å². The molecule has 1 saturated heterocycles. The van der Waals surface area contributed by atoms with E-state index in [2.05, 4.69) is 26.1 Å². The van der Waals surface area contributed by atoms with E-state index in [0.29, 0.717) is 0 Å². The first-order chi connectivity index (χ1) is 8.01. The fourth-order valence-corrected chi connectivity index (χ4v) is 3.62. The van der Waals surface area contributed by atoms with Crippen LogP contribution in [0.2, 0.25) is 0 Å². The Morgan fingerprint density at radius 3 is 2.65 bits per heavy atom. The van der Waals surface area contributed by atoms with Gasteiger partial charge in [-0.1, -0.05) is 0 Å². The molecule has 0 saturated carbocycles. The smallest absolute Gasteiger partial charge is 0.192 e. The summed E-state index contributed by atoms with van der Waals surface area (Å²) in [5.41, 5.74) is -0.410. The van der Waals surface area contributed by atoms with Crippen molar-refractivity contribution in [3.8, 4) is 0 Å². The van der Waals surface area contributed by atoms with Crippen molar-refractivity contribution < 1.29 is 4.79 Å². The molecule has 94 valence electrons. The SMILES string of the molecule is CC(C)(C(=O)c1cc(Br)cs1)N1CCNCC1. The lowest BCUT2D eigenvalue weighted by Gasteiger charge is -2.39. The van der Waals surface area contributed by atoms with E-state index in [0.717, 1.165) is 35.5 Å². The minimum Gasteiger partial charge on any atom is -0.314 e. The molecular formula is C12H17BrN2OS. The summed E-state index contributed by atoms with van der Waals surface area (Å²) >= 11 is 4.91. The number of hydrogen-bond acceptors (Lipinski definition) is 4. The summed E-state index contributed by atoms with van der Waals surface area (Å²) in [6.45, 7) is 7.84. The first-order valence-corrected chi connectivity index (χ1v) is 7.43. The van der Waals surface area contributed by atoms with Gasteiger partial charge in [0.05, 0.1) is 10.4 Å². The lowest BCUT2D eigenvalue weighted by molar-refractivity contribution is 0.0607. The molecule has 17 heavy (non-hydrogen) atoms. The molecule has 0 amide bonds. The fraction of sp³-hybridized carbons (Fsp3) is 0.583. The van der Waals surface area contributed by atoms with E-state index in [1.165, 1.54) is 11.3 Å². The number of carbonyl (C=O) groups excluding carboxylic acids is 1. The highest BCUT2D eigenvalue weighted by Gasteiger charge is 2.36. The zero-order valence-electron chi connectivity index (χ0n) is 10.1. The predicted molar refractivity (Wildman–Crippen MR) is 74.9 cm³/mol. The maximum Gasteiger partial charge on any atom is 0.192 e. The number of nitrogens with one attached hydrogen (secondary N) is 1. The summed E-state index contributed by atoms with van der Waals surface area (Å²) in [5.74, 6) is 0.218. The second-order valence-electron chi connectivity index (χ2n) is 4.75. The molecule has 0 unspecified atom stereocenters. The highest BCUT2D eigenvalue weighted by atomic mass is 79.9. The molecule has 0 radical (unpaired) electrons. The maximum absolute atomic E-state index is 12.5. The number of ketones is 1. The van der Waals surface area contributed by atoms with Crippen molar-refractivity contribution in [2.75, 3.05) is 26.2 Å². The summed E-state index contributed by atoms with van der Waals surface area (Å²) in [7, 11) is 0. The van der Waals surface area contributed by atoms with Crippen molar-refractivity contribution in [1.82, 2.24) is 10.2 Å². The molecule has 0 aliphatic carbocycles. The van der Waals surface area contributed by atoms with Gasteiger partial charge in [-0.2, -0.15) is 0 Å². The van der Waals surface area contributed by atoms with Gasteiger partial charge < -0.3 is 5.32 Å². The number of hydrogen-bond donors (Lipinski definition) is 1. The minimum atomic E-state index is -0.410. The van der Waals surface area contributed by atoms with Gasteiger partial charge in [0, 0.05) is 36.0 Å². The predicted octanol–water partition coefficient (Wildman–Crippen LogP) is 2.38. The van der Waals surface area contributed by atoms with E-state index in [4.69, 9.17) is 0 Å². The lowest BCUT2D eigenvalue weighted by atomic mass is 9.94. The molecular weight excluding hydrogens is 300 g/mol. The normalized spacial score (nSPS) is 18.3. The Kier molecular flexibility index (Phi) is 4.02. The number of Topliss-reactive ketones (excluding diaryl/α,β-unsaturated/α-hetero) is 1. The van der Waals surface area contributed by atoms with Crippen LogP contribution in [0.25, 0.3) is 0 Å². The van der Waals surface area contributed by atoms with Crippen LogP contribution in [0.5, 0.6) is 0 Å². The quantitative estimate of drug-likeness (QED) is 0.869. The van der Waals surface area contributed by atoms with Gasteiger partial charge >= 0.3 is 0 Å². The van der Waals surface area contributed by atoms with Gasteiger partial charge in [0.1, 0.15) is 0 Å². The van der Waals surface area contributed by atoms with Crippen molar-refractivity contribution >= 4 is 33.0 Å². The van der Waals surface area contributed by atoms with Crippen LogP contribution in [0.3, 0.4) is 0 Å².